The first-order chi connectivity index (χ1) is 10.3. The second-order valence-electron chi connectivity index (χ2n) is 6.88. The van der Waals surface area contributed by atoms with Crippen LogP contribution < -0.4 is 5.32 Å². The van der Waals surface area contributed by atoms with Crippen molar-refractivity contribution in [2.75, 3.05) is 0 Å². The molecule has 2 heteroatoms. The van der Waals surface area contributed by atoms with E-state index in [1.54, 1.807) is 0 Å². The lowest BCUT2D eigenvalue weighted by Gasteiger charge is -2.21. The summed E-state index contributed by atoms with van der Waals surface area (Å²) in [5.74, 6) is -0.0227. The van der Waals surface area contributed by atoms with E-state index in [9.17, 15) is 4.79 Å². The summed E-state index contributed by atoms with van der Waals surface area (Å²) in [6.07, 6.45) is 0. The SMILES string of the molecule is Cc1ccccc1C(=O)N[C@H](C)c1ccc(C(C)(C)C)cc1. The van der Waals surface area contributed by atoms with Gasteiger partial charge in [-0.2, -0.15) is 0 Å². The largest absolute Gasteiger partial charge is 0.346 e. The Bertz CT molecular complexity index is 650. The molecule has 0 aromatic heterocycles. The Kier molecular flexibility index (Phi) is 4.70. The second-order valence-corrected chi connectivity index (χ2v) is 6.88. The molecule has 0 saturated heterocycles. The molecule has 2 aromatic carbocycles. The number of benzene rings is 2. The molecule has 0 fully saturated rings. The van der Waals surface area contributed by atoms with Gasteiger partial charge in [0.15, 0.2) is 0 Å². The van der Waals surface area contributed by atoms with Crippen LogP contribution in [0.4, 0.5) is 0 Å². The lowest BCUT2D eigenvalue weighted by molar-refractivity contribution is 0.0939. The molecule has 0 unspecified atom stereocenters. The molecule has 0 aliphatic heterocycles. The van der Waals surface area contributed by atoms with Crippen molar-refractivity contribution >= 4 is 5.91 Å². The minimum atomic E-state index is -0.0227. The van der Waals surface area contributed by atoms with Crippen molar-refractivity contribution in [2.45, 2.75) is 46.1 Å². The fourth-order valence-electron chi connectivity index (χ4n) is 2.46. The molecular formula is C20H25NO. The number of amides is 1. The maximum Gasteiger partial charge on any atom is 0.252 e. The van der Waals surface area contributed by atoms with Crippen molar-refractivity contribution < 1.29 is 4.79 Å². The van der Waals surface area contributed by atoms with Gasteiger partial charge in [-0.25, -0.2) is 0 Å². The smallest absolute Gasteiger partial charge is 0.252 e. The second kappa shape index (κ2) is 6.35. The third-order valence-electron chi connectivity index (χ3n) is 4.01. The minimum Gasteiger partial charge on any atom is -0.346 e. The Balaban J connectivity index is 2.11. The number of carbonyl (C=O) groups excluding carboxylic acids is 1. The molecule has 1 atom stereocenters. The molecule has 22 heavy (non-hydrogen) atoms. The van der Waals surface area contributed by atoms with Gasteiger partial charge in [0, 0.05) is 5.56 Å². The van der Waals surface area contributed by atoms with Gasteiger partial charge in [0.2, 0.25) is 0 Å². The van der Waals surface area contributed by atoms with Gasteiger partial charge in [-0.05, 0) is 42.0 Å². The van der Waals surface area contributed by atoms with Crippen molar-refractivity contribution in [3.05, 3.63) is 70.8 Å². The maximum absolute atomic E-state index is 12.4. The molecule has 0 heterocycles. The summed E-state index contributed by atoms with van der Waals surface area (Å²) in [6.45, 7) is 10.6. The standard InChI is InChI=1S/C20H25NO/c1-14-8-6-7-9-18(14)19(22)21-15(2)16-10-12-17(13-11-16)20(3,4)5/h6-13,15H,1-5H3,(H,21,22)/t15-/m1/s1. The predicted molar refractivity (Wildman–Crippen MR) is 92.2 cm³/mol. The number of rotatable bonds is 3. The number of aryl methyl sites for hydroxylation is 1. The predicted octanol–water partition coefficient (Wildman–Crippen LogP) is 4.78. The van der Waals surface area contributed by atoms with E-state index in [-0.39, 0.29) is 17.4 Å². The molecule has 2 nitrogen and oxygen atoms in total. The van der Waals surface area contributed by atoms with Crippen LogP contribution in [0, 0.1) is 6.92 Å². The van der Waals surface area contributed by atoms with Gasteiger partial charge in [-0.15, -0.1) is 0 Å². The fraction of sp³-hybridized carbons (Fsp3) is 0.350. The average Bonchev–Trinajstić information content (AvgIpc) is 2.46. The Hall–Kier alpha value is -2.09. The van der Waals surface area contributed by atoms with Crippen LogP contribution in [0.2, 0.25) is 0 Å². The highest BCUT2D eigenvalue weighted by Crippen LogP contribution is 2.24. The minimum absolute atomic E-state index is 0.0128. The van der Waals surface area contributed by atoms with Crippen LogP contribution in [-0.2, 0) is 5.41 Å². The zero-order chi connectivity index (χ0) is 16.3. The highest BCUT2D eigenvalue weighted by atomic mass is 16.1. The van der Waals surface area contributed by atoms with Gasteiger partial charge in [-0.3, -0.25) is 4.79 Å². The van der Waals surface area contributed by atoms with E-state index in [1.165, 1.54) is 5.56 Å². The molecule has 116 valence electrons. The summed E-state index contributed by atoms with van der Waals surface area (Å²) < 4.78 is 0. The number of hydrogen-bond acceptors (Lipinski definition) is 1. The highest BCUT2D eigenvalue weighted by Gasteiger charge is 2.16. The molecule has 0 aliphatic rings. The van der Waals surface area contributed by atoms with Crippen LogP contribution in [0.1, 0.15) is 60.8 Å². The van der Waals surface area contributed by atoms with Crippen molar-refractivity contribution in [3.63, 3.8) is 0 Å². The number of nitrogens with one attached hydrogen (secondary N) is 1. The van der Waals surface area contributed by atoms with E-state index in [2.05, 4.69) is 50.4 Å². The summed E-state index contributed by atoms with van der Waals surface area (Å²) >= 11 is 0. The van der Waals surface area contributed by atoms with Crippen LogP contribution in [-0.4, -0.2) is 5.91 Å². The summed E-state index contributed by atoms with van der Waals surface area (Å²) in [6, 6.07) is 16.1. The number of carbonyl (C=O) groups is 1. The molecule has 0 radical (unpaired) electrons. The summed E-state index contributed by atoms with van der Waals surface area (Å²) in [5, 5.41) is 3.07. The first kappa shape index (κ1) is 16.3. The van der Waals surface area contributed by atoms with Crippen molar-refractivity contribution in [1.29, 1.82) is 0 Å². The first-order valence-electron chi connectivity index (χ1n) is 7.76. The zero-order valence-corrected chi connectivity index (χ0v) is 14.1. The van der Waals surface area contributed by atoms with Crippen molar-refractivity contribution in [1.82, 2.24) is 5.32 Å². The number of hydrogen-bond donors (Lipinski definition) is 1. The van der Waals surface area contributed by atoms with Gasteiger partial charge in [0.25, 0.3) is 5.91 Å². The highest BCUT2D eigenvalue weighted by molar-refractivity contribution is 5.95. The van der Waals surface area contributed by atoms with Gasteiger partial charge in [0.05, 0.1) is 6.04 Å². The van der Waals surface area contributed by atoms with Crippen LogP contribution in [0.25, 0.3) is 0 Å². The van der Waals surface area contributed by atoms with E-state index in [4.69, 9.17) is 0 Å². The molecule has 2 aromatic rings. The van der Waals surface area contributed by atoms with E-state index >= 15 is 0 Å². The molecule has 2 rings (SSSR count). The van der Waals surface area contributed by atoms with Crippen molar-refractivity contribution in [2.24, 2.45) is 0 Å². The lowest BCUT2D eigenvalue weighted by Crippen LogP contribution is -2.27. The molecule has 0 bridgehead atoms. The summed E-state index contributed by atoms with van der Waals surface area (Å²) in [7, 11) is 0. The zero-order valence-electron chi connectivity index (χ0n) is 14.1. The van der Waals surface area contributed by atoms with Crippen LogP contribution in [0.15, 0.2) is 48.5 Å². The first-order valence-corrected chi connectivity index (χ1v) is 7.76. The van der Waals surface area contributed by atoms with Gasteiger partial charge >= 0.3 is 0 Å². The van der Waals surface area contributed by atoms with E-state index in [0.717, 1.165) is 16.7 Å². The Morgan fingerprint density at radius 3 is 2.14 bits per heavy atom. The lowest BCUT2D eigenvalue weighted by atomic mass is 9.86. The molecule has 1 N–H and O–H groups in total. The van der Waals surface area contributed by atoms with Crippen molar-refractivity contribution in [3.8, 4) is 0 Å². The molecule has 0 saturated carbocycles. The van der Waals surface area contributed by atoms with Gasteiger partial charge in [-0.1, -0.05) is 63.2 Å². The topological polar surface area (TPSA) is 29.1 Å². The average molecular weight is 295 g/mol. The monoisotopic (exact) mass is 295 g/mol. The van der Waals surface area contributed by atoms with E-state index in [0.29, 0.717) is 0 Å². The Morgan fingerprint density at radius 2 is 1.59 bits per heavy atom. The molecule has 0 spiro atoms. The van der Waals surface area contributed by atoms with E-state index in [1.807, 2.05) is 38.1 Å². The summed E-state index contributed by atoms with van der Waals surface area (Å²) in [4.78, 5) is 12.4. The quantitative estimate of drug-likeness (QED) is 0.867. The van der Waals surface area contributed by atoms with Crippen LogP contribution >= 0.6 is 0 Å². The van der Waals surface area contributed by atoms with Crippen LogP contribution in [0.3, 0.4) is 0 Å². The maximum atomic E-state index is 12.4. The van der Waals surface area contributed by atoms with Gasteiger partial charge in [0.1, 0.15) is 0 Å². The third-order valence-corrected chi connectivity index (χ3v) is 4.01. The van der Waals surface area contributed by atoms with Crippen LogP contribution in [0.5, 0.6) is 0 Å². The third kappa shape index (κ3) is 3.76. The van der Waals surface area contributed by atoms with E-state index < -0.39 is 0 Å². The Labute approximate surface area is 133 Å². The molecule has 1 amide bonds. The molecule has 0 aliphatic carbocycles. The molecular weight excluding hydrogens is 270 g/mol. The Morgan fingerprint density at radius 1 is 1.00 bits per heavy atom. The normalized spacial score (nSPS) is 12.8. The summed E-state index contributed by atoms with van der Waals surface area (Å²) in [5.41, 5.74) is 4.30. The van der Waals surface area contributed by atoms with Gasteiger partial charge < -0.3 is 5.32 Å². The fourth-order valence-corrected chi connectivity index (χ4v) is 2.46.